The van der Waals surface area contributed by atoms with Crippen LogP contribution in [0, 0.1) is 10.1 Å². The number of hydrogen-bond acceptors (Lipinski definition) is 5. The summed E-state index contributed by atoms with van der Waals surface area (Å²) in [6.45, 7) is 2.62. The Morgan fingerprint density at radius 3 is 2.05 bits per heavy atom. The fourth-order valence-electron chi connectivity index (χ4n) is 4.39. The summed E-state index contributed by atoms with van der Waals surface area (Å²) in [5.74, 6) is -0.0780. The molecule has 6 heteroatoms. The number of hydrogen-bond donors (Lipinski definition) is 0. The quantitative estimate of drug-likeness (QED) is 0.0554. The lowest BCUT2D eigenvalue weighted by Crippen LogP contribution is -2.21. The number of carbonyl (C=O) groups is 1. The molecular weight excluding hydrogens is 478 g/mol. The summed E-state index contributed by atoms with van der Waals surface area (Å²) < 4.78 is 12.2. The monoisotopic (exact) mass is 517 g/mol. The van der Waals surface area contributed by atoms with Crippen molar-refractivity contribution in [1.29, 1.82) is 0 Å². The van der Waals surface area contributed by atoms with Crippen LogP contribution in [0.1, 0.15) is 92.6 Å². The summed E-state index contributed by atoms with van der Waals surface area (Å²) in [6, 6.07) is 22.8. The minimum Gasteiger partial charge on any atom is -0.465 e. The van der Waals surface area contributed by atoms with Crippen LogP contribution >= 0.6 is 0 Å². The van der Waals surface area contributed by atoms with E-state index in [0.717, 1.165) is 18.4 Å². The molecule has 0 saturated carbocycles. The van der Waals surface area contributed by atoms with Crippen LogP contribution in [-0.2, 0) is 11.3 Å². The molecule has 1 unspecified atom stereocenters. The van der Waals surface area contributed by atoms with Gasteiger partial charge in [-0.25, -0.2) is 0 Å². The van der Waals surface area contributed by atoms with E-state index in [9.17, 15) is 14.9 Å². The number of nitro groups is 1. The predicted molar refractivity (Wildman–Crippen MR) is 150 cm³/mol. The number of nitrogens with zero attached hydrogens (tertiary/aromatic N) is 1. The van der Waals surface area contributed by atoms with E-state index in [1.54, 1.807) is 36.4 Å². The first-order valence-corrected chi connectivity index (χ1v) is 13.8. The molecule has 0 radical (unpaired) electrons. The lowest BCUT2D eigenvalue weighted by atomic mass is 10.0. The maximum atomic E-state index is 12.9. The first-order chi connectivity index (χ1) is 18.6. The number of rotatable bonds is 18. The van der Waals surface area contributed by atoms with E-state index in [0.29, 0.717) is 24.3 Å². The van der Waals surface area contributed by atoms with Gasteiger partial charge in [-0.15, -0.1) is 0 Å². The first kappa shape index (κ1) is 29.1. The van der Waals surface area contributed by atoms with Crippen molar-refractivity contribution < 1.29 is 19.2 Å². The summed E-state index contributed by atoms with van der Waals surface area (Å²) in [6.07, 6.45) is 11.1. The summed E-state index contributed by atoms with van der Waals surface area (Å²) >= 11 is 0. The van der Waals surface area contributed by atoms with E-state index in [1.807, 2.05) is 30.3 Å². The minimum absolute atomic E-state index is 0.0363. The zero-order valence-corrected chi connectivity index (χ0v) is 22.3. The average Bonchev–Trinajstić information content (AvgIpc) is 2.95. The number of nitro benzene ring substituents is 1. The second kappa shape index (κ2) is 16.4. The van der Waals surface area contributed by atoms with E-state index >= 15 is 0 Å². The highest BCUT2D eigenvalue weighted by Gasteiger charge is 2.23. The van der Waals surface area contributed by atoms with Gasteiger partial charge in [0, 0.05) is 12.0 Å². The van der Waals surface area contributed by atoms with Crippen molar-refractivity contribution in [3.8, 4) is 5.75 Å². The average molecular weight is 518 g/mol. The SMILES string of the molecule is CCCCCCCCCCCC(OCc1ccccc1)Oc1ccc(C(=O)c2ccccc2)c([N+](=O)[O-])c1. The molecule has 0 aliphatic carbocycles. The molecule has 0 aliphatic rings. The lowest BCUT2D eigenvalue weighted by molar-refractivity contribution is -0.385. The molecular formula is C32H39NO5. The van der Waals surface area contributed by atoms with Gasteiger partial charge in [0.05, 0.1) is 17.6 Å². The Bertz CT molecular complexity index is 1120. The summed E-state index contributed by atoms with van der Waals surface area (Å²) in [5, 5.41) is 11.8. The van der Waals surface area contributed by atoms with Gasteiger partial charge in [-0.2, -0.15) is 0 Å². The Balaban J connectivity index is 1.63. The predicted octanol–water partition coefficient (Wildman–Crippen LogP) is 8.67. The molecule has 0 aliphatic heterocycles. The van der Waals surface area contributed by atoms with Crippen molar-refractivity contribution in [2.75, 3.05) is 0 Å². The van der Waals surface area contributed by atoms with Gasteiger partial charge in [0.25, 0.3) is 5.69 Å². The van der Waals surface area contributed by atoms with Gasteiger partial charge in [0.1, 0.15) is 11.3 Å². The van der Waals surface area contributed by atoms with Gasteiger partial charge >= 0.3 is 0 Å². The normalized spacial score (nSPS) is 11.7. The highest BCUT2D eigenvalue weighted by Crippen LogP contribution is 2.28. The van der Waals surface area contributed by atoms with Crippen LogP contribution in [0.3, 0.4) is 0 Å². The molecule has 0 heterocycles. The van der Waals surface area contributed by atoms with Crippen molar-refractivity contribution >= 4 is 11.5 Å². The molecule has 38 heavy (non-hydrogen) atoms. The first-order valence-electron chi connectivity index (χ1n) is 13.8. The second-order valence-electron chi connectivity index (χ2n) is 9.59. The molecule has 0 spiro atoms. The van der Waals surface area contributed by atoms with Crippen molar-refractivity contribution in [3.63, 3.8) is 0 Å². The standard InChI is InChI=1S/C32H39NO5/c1-2-3-4-5-6-7-8-9-16-21-31(37-25-26-17-12-10-13-18-26)38-28-22-23-29(30(24-28)33(35)36)32(34)27-19-14-11-15-20-27/h10-15,17-20,22-24,31H,2-9,16,21,25H2,1H3. The van der Waals surface area contributed by atoms with Crippen LogP contribution < -0.4 is 4.74 Å². The van der Waals surface area contributed by atoms with Crippen molar-refractivity contribution in [2.45, 2.75) is 84.0 Å². The summed E-state index contributed by atoms with van der Waals surface area (Å²) in [4.78, 5) is 24.2. The maximum Gasteiger partial charge on any atom is 0.284 e. The molecule has 0 fully saturated rings. The molecule has 0 bridgehead atoms. The third-order valence-corrected chi connectivity index (χ3v) is 6.54. The molecule has 1 atom stereocenters. The van der Waals surface area contributed by atoms with Crippen LogP contribution in [0.2, 0.25) is 0 Å². The number of benzene rings is 3. The molecule has 202 valence electrons. The van der Waals surface area contributed by atoms with Crippen molar-refractivity contribution in [2.24, 2.45) is 0 Å². The van der Waals surface area contributed by atoms with Crippen LogP contribution in [-0.4, -0.2) is 17.0 Å². The van der Waals surface area contributed by atoms with Gasteiger partial charge in [-0.3, -0.25) is 14.9 Å². The Labute approximate surface area is 226 Å². The van der Waals surface area contributed by atoms with E-state index in [1.165, 1.54) is 57.1 Å². The van der Waals surface area contributed by atoms with Crippen LogP contribution in [0.5, 0.6) is 5.75 Å². The molecule has 6 nitrogen and oxygen atoms in total. The van der Waals surface area contributed by atoms with Crippen molar-refractivity contribution in [3.05, 3.63) is 106 Å². The van der Waals surface area contributed by atoms with Gasteiger partial charge in [-0.1, -0.05) is 119 Å². The topological polar surface area (TPSA) is 78.7 Å². The highest BCUT2D eigenvalue weighted by molar-refractivity contribution is 6.11. The smallest absolute Gasteiger partial charge is 0.284 e. The summed E-state index contributed by atoms with van der Waals surface area (Å²) in [7, 11) is 0. The van der Waals surface area contributed by atoms with Crippen LogP contribution in [0.4, 0.5) is 5.69 Å². The molecule has 3 rings (SSSR count). The van der Waals surface area contributed by atoms with E-state index in [2.05, 4.69) is 6.92 Å². The number of ketones is 1. The van der Waals surface area contributed by atoms with Crippen LogP contribution in [0.15, 0.2) is 78.9 Å². The highest BCUT2D eigenvalue weighted by atomic mass is 16.7. The number of carbonyl (C=O) groups excluding carboxylic acids is 1. The van der Waals surface area contributed by atoms with E-state index < -0.39 is 17.0 Å². The lowest BCUT2D eigenvalue weighted by Gasteiger charge is -2.20. The fourth-order valence-corrected chi connectivity index (χ4v) is 4.39. The second-order valence-corrected chi connectivity index (χ2v) is 9.59. The Morgan fingerprint density at radius 2 is 1.42 bits per heavy atom. The molecule has 0 amide bonds. The zero-order valence-electron chi connectivity index (χ0n) is 22.3. The maximum absolute atomic E-state index is 12.9. The molecule has 3 aromatic rings. The van der Waals surface area contributed by atoms with E-state index in [-0.39, 0.29) is 11.3 Å². The molecule has 0 saturated heterocycles. The number of ether oxygens (including phenoxy) is 2. The van der Waals surface area contributed by atoms with Crippen molar-refractivity contribution in [1.82, 2.24) is 0 Å². The minimum atomic E-state index is -0.546. The third-order valence-electron chi connectivity index (χ3n) is 6.54. The molecule has 0 N–H and O–H groups in total. The van der Waals surface area contributed by atoms with Gasteiger partial charge in [0.2, 0.25) is 0 Å². The van der Waals surface area contributed by atoms with Crippen LogP contribution in [0.25, 0.3) is 0 Å². The Hall–Kier alpha value is -3.51. The van der Waals surface area contributed by atoms with Gasteiger partial charge in [0.15, 0.2) is 12.1 Å². The third kappa shape index (κ3) is 9.75. The number of unbranched alkanes of at least 4 members (excludes halogenated alkanes) is 8. The van der Waals surface area contributed by atoms with E-state index in [4.69, 9.17) is 9.47 Å². The molecule has 3 aromatic carbocycles. The fraction of sp³-hybridized carbons (Fsp3) is 0.406. The van der Waals surface area contributed by atoms with Gasteiger partial charge in [-0.05, 0) is 24.1 Å². The molecule has 0 aromatic heterocycles. The van der Waals surface area contributed by atoms with Gasteiger partial charge < -0.3 is 9.47 Å². The Morgan fingerprint density at radius 1 is 0.816 bits per heavy atom. The zero-order chi connectivity index (χ0) is 27.0. The largest absolute Gasteiger partial charge is 0.465 e. The Kier molecular flexibility index (Phi) is 12.5. The summed E-state index contributed by atoms with van der Waals surface area (Å²) in [5.41, 5.74) is 1.19.